The first kappa shape index (κ1) is 22.0. The van der Waals surface area contributed by atoms with Crippen molar-refractivity contribution in [3.8, 4) is 16.3 Å². The highest BCUT2D eigenvalue weighted by Crippen LogP contribution is 2.25. The van der Waals surface area contributed by atoms with E-state index in [1.165, 1.54) is 17.8 Å². The van der Waals surface area contributed by atoms with Gasteiger partial charge in [0.2, 0.25) is 5.91 Å². The minimum Gasteiger partial charge on any atom is -0.496 e. The van der Waals surface area contributed by atoms with Crippen molar-refractivity contribution in [2.24, 2.45) is 0 Å². The Kier molecular flexibility index (Phi) is 7.17. The average Bonchev–Trinajstić information content (AvgIpc) is 3.34. The van der Waals surface area contributed by atoms with E-state index in [2.05, 4.69) is 10.3 Å². The molecule has 0 unspecified atom stereocenters. The average molecular weight is 450 g/mol. The highest BCUT2D eigenvalue weighted by Gasteiger charge is 2.20. The SMILES string of the molecule is COc1ccccc1CC(=O)NCc1ccc(-c2nc(C(=O)N3CCCCC3)cs2)cc1. The minimum atomic E-state index is -0.0561. The van der Waals surface area contributed by atoms with Crippen molar-refractivity contribution in [1.82, 2.24) is 15.2 Å². The van der Waals surface area contributed by atoms with Gasteiger partial charge in [0.05, 0.1) is 13.5 Å². The predicted molar refractivity (Wildman–Crippen MR) is 126 cm³/mol. The molecular formula is C25H27N3O3S. The van der Waals surface area contributed by atoms with Crippen LogP contribution in [0, 0.1) is 0 Å². The van der Waals surface area contributed by atoms with E-state index in [0.717, 1.165) is 47.6 Å². The Morgan fingerprint density at radius 1 is 1.06 bits per heavy atom. The lowest BCUT2D eigenvalue weighted by Crippen LogP contribution is -2.35. The maximum absolute atomic E-state index is 12.6. The number of aromatic nitrogens is 1. The maximum atomic E-state index is 12.6. The Labute approximate surface area is 192 Å². The monoisotopic (exact) mass is 449 g/mol. The quantitative estimate of drug-likeness (QED) is 0.584. The molecule has 1 aliphatic rings. The molecule has 7 heteroatoms. The molecule has 3 aromatic rings. The number of thiazole rings is 1. The maximum Gasteiger partial charge on any atom is 0.273 e. The van der Waals surface area contributed by atoms with Gasteiger partial charge >= 0.3 is 0 Å². The van der Waals surface area contributed by atoms with Crippen molar-refractivity contribution in [3.63, 3.8) is 0 Å². The van der Waals surface area contributed by atoms with Gasteiger partial charge in [-0.25, -0.2) is 4.98 Å². The van der Waals surface area contributed by atoms with Crippen LogP contribution in [0.3, 0.4) is 0 Å². The van der Waals surface area contributed by atoms with Gasteiger partial charge in [0.1, 0.15) is 16.5 Å². The summed E-state index contributed by atoms with van der Waals surface area (Å²) in [5.41, 5.74) is 3.36. The predicted octanol–water partition coefficient (Wildman–Crippen LogP) is 4.30. The molecule has 0 aliphatic carbocycles. The van der Waals surface area contributed by atoms with Crippen LogP contribution >= 0.6 is 11.3 Å². The van der Waals surface area contributed by atoms with Crippen LogP contribution in [0.15, 0.2) is 53.9 Å². The van der Waals surface area contributed by atoms with E-state index in [1.54, 1.807) is 7.11 Å². The van der Waals surface area contributed by atoms with Gasteiger partial charge in [0.25, 0.3) is 5.91 Å². The van der Waals surface area contributed by atoms with Crippen LogP contribution in [0.2, 0.25) is 0 Å². The van der Waals surface area contributed by atoms with Gasteiger partial charge in [-0.2, -0.15) is 0 Å². The van der Waals surface area contributed by atoms with Gasteiger partial charge in [0.15, 0.2) is 0 Å². The Balaban J connectivity index is 1.33. The number of carbonyl (C=O) groups excluding carboxylic acids is 2. The highest BCUT2D eigenvalue weighted by atomic mass is 32.1. The standard InChI is InChI=1S/C25H27N3O3S/c1-31-22-8-4-3-7-20(22)15-23(29)26-16-18-9-11-19(12-10-18)24-27-21(17-32-24)25(30)28-13-5-2-6-14-28/h3-4,7-12,17H,2,5-6,13-16H2,1H3,(H,26,29). The van der Waals surface area contributed by atoms with Crippen LogP contribution in [0.4, 0.5) is 0 Å². The Morgan fingerprint density at radius 2 is 1.81 bits per heavy atom. The fourth-order valence-corrected chi connectivity index (χ4v) is 4.61. The number of nitrogens with zero attached hydrogens (tertiary/aromatic N) is 2. The van der Waals surface area contributed by atoms with E-state index in [9.17, 15) is 9.59 Å². The van der Waals surface area contributed by atoms with E-state index >= 15 is 0 Å². The molecule has 1 fully saturated rings. The van der Waals surface area contributed by atoms with Gasteiger partial charge < -0.3 is 15.0 Å². The number of carbonyl (C=O) groups is 2. The molecule has 1 saturated heterocycles. The summed E-state index contributed by atoms with van der Waals surface area (Å²) < 4.78 is 5.31. The van der Waals surface area contributed by atoms with Crippen molar-refractivity contribution >= 4 is 23.2 Å². The fourth-order valence-electron chi connectivity index (χ4n) is 3.81. The van der Waals surface area contributed by atoms with E-state index in [1.807, 2.05) is 58.8 Å². The molecule has 166 valence electrons. The summed E-state index contributed by atoms with van der Waals surface area (Å²) in [6, 6.07) is 15.5. The molecule has 0 saturated carbocycles. The molecule has 0 spiro atoms. The van der Waals surface area contributed by atoms with E-state index in [4.69, 9.17) is 4.74 Å². The first-order valence-corrected chi connectivity index (χ1v) is 11.7. The van der Waals surface area contributed by atoms with Crippen LogP contribution in [0.1, 0.15) is 40.9 Å². The summed E-state index contributed by atoms with van der Waals surface area (Å²) >= 11 is 1.48. The second kappa shape index (κ2) is 10.4. The summed E-state index contributed by atoms with van der Waals surface area (Å²) in [5.74, 6) is 0.689. The third-order valence-corrected chi connectivity index (χ3v) is 6.49. The van der Waals surface area contributed by atoms with Crippen molar-refractivity contribution in [3.05, 3.63) is 70.7 Å². The number of rotatable bonds is 7. The number of piperidine rings is 1. The van der Waals surface area contributed by atoms with Crippen LogP contribution in [-0.2, 0) is 17.8 Å². The molecule has 4 rings (SSSR count). The first-order chi connectivity index (χ1) is 15.6. The lowest BCUT2D eigenvalue weighted by molar-refractivity contribution is -0.120. The molecule has 2 heterocycles. The van der Waals surface area contributed by atoms with Gasteiger partial charge in [-0.15, -0.1) is 11.3 Å². The van der Waals surface area contributed by atoms with Gasteiger partial charge in [0, 0.05) is 36.1 Å². The molecule has 0 radical (unpaired) electrons. The summed E-state index contributed by atoms with van der Waals surface area (Å²) in [6.45, 7) is 2.09. The highest BCUT2D eigenvalue weighted by molar-refractivity contribution is 7.13. The van der Waals surface area contributed by atoms with Gasteiger partial charge in [-0.05, 0) is 30.9 Å². The molecule has 1 aliphatic heterocycles. The zero-order chi connectivity index (χ0) is 22.3. The lowest BCUT2D eigenvalue weighted by atomic mass is 10.1. The number of methoxy groups -OCH3 is 1. The van der Waals surface area contributed by atoms with E-state index < -0.39 is 0 Å². The second-order valence-electron chi connectivity index (χ2n) is 7.85. The third-order valence-electron chi connectivity index (χ3n) is 5.60. The first-order valence-electron chi connectivity index (χ1n) is 10.9. The molecule has 6 nitrogen and oxygen atoms in total. The van der Waals surface area contributed by atoms with Gasteiger partial charge in [-0.1, -0.05) is 42.5 Å². The Bertz CT molecular complexity index is 1070. The largest absolute Gasteiger partial charge is 0.496 e. The molecule has 0 bridgehead atoms. The summed E-state index contributed by atoms with van der Waals surface area (Å²) in [5, 5.41) is 5.63. The van der Waals surface area contributed by atoms with Crippen LogP contribution < -0.4 is 10.1 Å². The fraction of sp³-hybridized carbons (Fsp3) is 0.320. The summed E-state index contributed by atoms with van der Waals surface area (Å²) in [4.78, 5) is 31.4. The van der Waals surface area contributed by atoms with Crippen molar-refractivity contribution in [2.45, 2.75) is 32.2 Å². The number of amides is 2. The number of hydrogen-bond acceptors (Lipinski definition) is 5. The smallest absolute Gasteiger partial charge is 0.273 e. The number of para-hydroxylation sites is 1. The number of nitrogens with one attached hydrogen (secondary N) is 1. The zero-order valence-electron chi connectivity index (χ0n) is 18.2. The van der Waals surface area contributed by atoms with E-state index in [-0.39, 0.29) is 18.2 Å². The molecular weight excluding hydrogens is 422 g/mol. The van der Waals surface area contributed by atoms with E-state index in [0.29, 0.717) is 18.0 Å². The lowest BCUT2D eigenvalue weighted by Gasteiger charge is -2.25. The molecule has 32 heavy (non-hydrogen) atoms. The number of benzene rings is 2. The molecule has 1 aromatic heterocycles. The Hall–Kier alpha value is -3.19. The van der Waals surface area contributed by atoms with Crippen LogP contribution in [-0.4, -0.2) is 41.9 Å². The molecule has 2 aromatic carbocycles. The molecule has 2 amide bonds. The van der Waals surface area contributed by atoms with Crippen LogP contribution in [0.5, 0.6) is 5.75 Å². The van der Waals surface area contributed by atoms with Crippen molar-refractivity contribution < 1.29 is 14.3 Å². The van der Waals surface area contributed by atoms with Crippen LogP contribution in [0.25, 0.3) is 10.6 Å². The molecule has 1 N–H and O–H groups in total. The Morgan fingerprint density at radius 3 is 2.56 bits per heavy atom. The molecule has 0 atom stereocenters. The number of hydrogen-bond donors (Lipinski definition) is 1. The normalized spacial score (nSPS) is 13.6. The third kappa shape index (κ3) is 5.34. The summed E-state index contributed by atoms with van der Waals surface area (Å²) in [7, 11) is 1.60. The summed E-state index contributed by atoms with van der Waals surface area (Å²) in [6.07, 6.45) is 3.60. The second-order valence-corrected chi connectivity index (χ2v) is 8.71. The zero-order valence-corrected chi connectivity index (χ0v) is 19.0. The van der Waals surface area contributed by atoms with Crippen molar-refractivity contribution in [2.75, 3.05) is 20.2 Å². The topological polar surface area (TPSA) is 71.5 Å². The number of likely N-dealkylation sites (tertiary alicyclic amines) is 1. The number of ether oxygens (including phenoxy) is 1. The van der Waals surface area contributed by atoms with Gasteiger partial charge in [-0.3, -0.25) is 9.59 Å². The minimum absolute atomic E-state index is 0.0292. The van der Waals surface area contributed by atoms with Crippen molar-refractivity contribution in [1.29, 1.82) is 0 Å².